The standard InChI is InChI=1S/C17H24N4/c1-8-15(18-2)20-17(9-3-4-9)21-16(8)19-14-12-10-5-6-11(7-10)13(12)14/h9-14H,3-7H2,1-2H3,(H2,18,19,20,21). The minimum atomic E-state index is 0.605. The van der Waals surface area contributed by atoms with Crippen molar-refractivity contribution in [2.45, 2.75) is 51.0 Å². The summed E-state index contributed by atoms with van der Waals surface area (Å²) in [4.78, 5) is 9.55. The van der Waals surface area contributed by atoms with Crippen LogP contribution in [-0.2, 0) is 0 Å². The maximum atomic E-state index is 4.86. The van der Waals surface area contributed by atoms with Crippen molar-refractivity contribution in [2.75, 3.05) is 17.7 Å². The lowest BCUT2D eigenvalue weighted by Gasteiger charge is -2.16. The molecular weight excluding hydrogens is 260 g/mol. The van der Waals surface area contributed by atoms with Gasteiger partial charge in [-0.15, -0.1) is 0 Å². The van der Waals surface area contributed by atoms with E-state index in [1.807, 2.05) is 7.05 Å². The van der Waals surface area contributed by atoms with Crippen LogP contribution in [-0.4, -0.2) is 23.1 Å². The Morgan fingerprint density at radius 1 is 0.952 bits per heavy atom. The van der Waals surface area contributed by atoms with Crippen LogP contribution in [0.2, 0.25) is 0 Å². The molecule has 0 aliphatic heterocycles. The van der Waals surface area contributed by atoms with E-state index >= 15 is 0 Å². The van der Waals surface area contributed by atoms with Gasteiger partial charge in [-0.05, 0) is 62.7 Å². The summed E-state index contributed by atoms with van der Waals surface area (Å²) < 4.78 is 0. The number of aromatic nitrogens is 2. The highest BCUT2D eigenvalue weighted by Gasteiger charge is 2.65. The Morgan fingerprint density at radius 2 is 1.62 bits per heavy atom. The number of nitrogens with zero attached hydrogens (tertiary/aromatic N) is 2. The summed E-state index contributed by atoms with van der Waals surface area (Å²) in [5.74, 6) is 7.64. The fourth-order valence-corrected chi connectivity index (χ4v) is 5.12. The number of fused-ring (bicyclic) bond motifs is 5. The number of nitrogens with one attached hydrogen (secondary N) is 2. The van der Waals surface area contributed by atoms with Crippen LogP contribution in [0.25, 0.3) is 0 Å². The molecule has 1 heterocycles. The summed E-state index contributed by atoms with van der Waals surface area (Å²) in [5, 5.41) is 7.04. The molecule has 4 fully saturated rings. The number of anilines is 2. The molecule has 1 aromatic rings. The Labute approximate surface area is 126 Å². The van der Waals surface area contributed by atoms with Crippen LogP contribution in [0.15, 0.2) is 0 Å². The Balaban J connectivity index is 1.42. The maximum Gasteiger partial charge on any atom is 0.136 e. The van der Waals surface area contributed by atoms with Gasteiger partial charge in [0.25, 0.3) is 0 Å². The van der Waals surface area contributed by atoms with Gasteiger partial charge in [0.1, 0.15) is 17.5 Å². The van der Waals surface area contributed by atoms with E-state index in [0.29, 0.717) is 12.0 Å². The van der Waals surface area contributed by atoms with Gasteiger partial charge in [-0.2, -0.15) is 0 Å². The minimum absolute atomic E-state index is 0.605. The van der Waals surface area contributed by atoms with Crippen molar-refractivity contribution in [1.82, 2.24) is 9.97 Å². The topological polar surface area (TPSA) is 49.8 Å². The number of hydrogen-bond donors (Lipinski definition) is 2. The van der Waals surface area contributed by atoms with Gasteiger partial charge in [0.05, 0.1) is 0 Å². The monoisotopic (exact) mass is 284 g/mol. The number of hydrogen-bond acceptors (Lipinski definition) is 4. The molecule has 0 aromatic carbocycles. The van der Waals surface area contributed by atoms with Crippen molar-refractivity contribution < 1.29 is 0 Å². The average molecular weight is 284 g/mol. The molecule has 21 heavy (non-hydrogen) atoms. The first kappa shape index (κ1) is 12.2. The first-order valence-electron chi connectivity index (χ1n) is 8.59. The SMILES string of the molecule is CNc1nc(C2CC2)nc(NC2C3C4CCC(C4)C23)c1C. The van der Waals surface area contributed by atoms with Crippen LogP contribution >= 0.6 is 0 Å². The lowest BCUT2D eigenvalue weighted by Crippen LogP contribution is -2.16. The van der Waals surface area contributed by atoms with Crippen molar-refractivity contribution in [3.05, 3.63) is 11.4 Å². The fraction of sp³-hybridized carbons (Fsp3) is 0.765. The van der Waals surface area contributed by atoms with E-state index in [0.717, 1.165) is 41.1 Å². The highest BCUT2D eigenvalue weighted by atomic mass is 15.1. The molecule has 2 N–H and O–H groups in total. The molecule has 4 aliphatic carbocycles. The second-order valence-corrected chi connectivity index (χ2v) is 7.59. The molecule has 2 bridgehead atoms. The smallest absolute Gasteiger partial charge is 0.136 e. The maximum absolute atomic E-state index is 4.86. The molecule has 4 saturated carbocycles. The Kier molecular flexibility index (Phi) is 2.40. The largest absolute Gasteiger partial charge is 0.373 e. The molecule has 112 valence electrons. The minimum Gasteiger partial charge on any atom is -0.373 e. The molecule has 0 radical (unpaired) electrons. The molecule has 4 atom stereocenters. The first-order valence-corrected chi connectivity index (χ1v) is 8.59. The van der Waals surface area contributed by atoms with Crippen LogP contribution in [0.4, 0.5) is 11.6 Å². The van der Waals surface area contributed by atoms with Crippen molar-refractivity contribution in [3.63, 3.8) is 0 Å². The Bertz CT molecular complexity index is 579. The van der Waals surface area contributed by atoms with E-state index in [1.54, 1.807) is 0 Å². The van der Waals surface area contributed by atoms with Crippen LogP contribution in [0.3, 0.4) is 0 Å². The third-order valence-electron chi connectivity index (χ3n) is 6.38. The molecule has 4 heteroatoms. The lowest BCUT2D eigenvalue weighted by atomic mass is 10.0. The van der Waals surface area contributed by atoms with E-state index in [9.17, 15) is 0 Å². The predicted molar refractivity (Wildman–Crippen MR) is 83.5 cm³/mol. The summed E-state index contributed by atoms with van der Waals surface area (Å²) >= 11 is 0. The molecule has 0 spiro atoms. The third-order valence-corrected chi connectivity index (χ3v) is 6.38. The molecule has 5 rings (SSSR count). The van der Waals surface area contributed by atoms with Gasteiger partial charge >= 0.3 is 0 Å². The van der Waals surface area contributed by atoms with E-state index in [4.69, 9.17) is 9.97 Å². The predicted octanol–water partition coefficient (Wildman–Crippen LogP) is 3.16. The van der Waals surface area contributed by atoms with Gasteiger partial charge < -0.3 is 10.6 Å². The van der Waals surface area contributed by atoms with Gasteiger partial charge in [0, 0.05) is 24.6 Å². The van der Waals surface area contributed by atoms with Crippen molar-refractivity contribution >= 4 is 11.6 Å². The van der Waals surface area contributed by atoms with Gasteiger partial charge in [0.2, 0.25) is 0 Å². The zero-order valence-electron chi connectivity index (χ0n) is 12.9. The summed E-state index contributed by atoms with van der Waals surface area (Å²) in [6.07, 6.45) is 6.96. The molecule has 0 amide bonds. The van der Waals surface area contributed by atoms with Gasteiger partial charge in [-0.25, -0.2) is 9.97 Å². The normalized spacial score (nSPS) is 39.2. The second kappa shape index (κ2) is 4.11. The van der Waals surface area contributed by atoms with Crippen LogP contribution < -0.4 is 10.6 Å². The summed E-state index contributed by atoms with van der Waals surface area (Å²) in [5.41, 5.74) is 1.18. The van der Waals surface area contributed by atoms with E-state index in [1.165, 1.54) is 37.7 Å². The van der Waals surface area contributed by atoms with Crippen LogP contribution in [0, 0.1) is 30.6 Å². The summed E-state index contributed by atoms with van der Waals surface area (Å²) in [6.45, 7) is 2.14. The van der Waals surface area contributed by atoms with Crippen LogP contribution in [0.1, 0.15) is 49.4 Å². The van der Waals surface area contributed by atoms with Crippen LogP contribution in [0.5, 0.6) is 0 Å². The molecule has 4 unspecified atom stereocenters. The quantitative estimate of drug-likeness (QED) is 0.891. The van der Waals surface area contributed by atoms with Gasteiger partial charge in [-0.1, -0.05) is 0 Å². The van der Waals surface area contributed by atoms with E-state index < -0.39 is 0 Å². The zero-order valence-corrected chi connectivity index (χ0v) is 12.9. The average Bonchev–Trinajstić information content (AvgIpc) is 3.39. The molecule has 1 aromatic heterocycles. The van der Waals surface area contributed by atoms with Crippen molar-refractivity contribution in [2.24, 2.45) is 23.7 Å². The van der Waals surface area contributed by atoms with Gasteiger partial charge in [-0.3, -0.25) is 0 Å². The molecular formula is C17H24N4. The highest BCUT2D eigenvalue weighted by Crippen LogP contribution is 2.66. The molecule has 4 aliphatic rings. The van der Waals surface area contributed by atoms with Crippen molar-refractivity contribution in [1.29, 1.82) is 0 Å². The third kappa shape index (κ3) is 1.74. The van der Waals surface area contributed by atoms with Crippen molar-refractivity contribution in [3.8, 4) is 0 Å². The van der Waals surface area contributed by atoms with E-state index in [-0.39, 0.29) is 0 Å². The second-order valence-electron chi connectivity index (χ2n) is 7.59. The first-order chi connectivity index (χ1) is 10.3. The summed E-state index contributed by atoms with van der Waals surface area (Å²) in [7, 11) is 1.96. The van der Waals surface area contributed by atoms with Gasteiger partial charge in [0.15, 0.2) is 0 Å². The number of rotatable bonds is 4. The lowest BCUT2D eigenvalue weighted by molar-refractivity contribution is 0.456. The van der Waals surface area contributed by atoms with E-state index in [2.05, 4.69) is 17.6 Å². The Morgan fingerprint density at radius 3 is 2.24 bits per heavy atom. The molecule has 4 nitrogen and oxygen atoms in total. The highest BCUT2D eigenvalue weighted by molar-refractivity contribution is 5.58. The molecule has 0 saturated heterocycles. The zero-order chi connectivity index (χ0) is 14.1. The fourth-order valence-electron chi connectivity index (χ4n) is 5.12. The summed E-state index contributed by atoms with van der Waals surface area (Å²) in [6, 6.07) is 0.696. The Hall–Kier alpha value is -1.32.